The van der Waals surface area contributed by atoms with Crippen LogP contribution in [0.1, 0.15) is 38.2 Å². The number of carbonyl (C=O) groups excluding carboxylic acids is 1. The second-order valence-electron chi connectivity index (χ2n) is 7.94. The summed E-state index contributed by atoms with van der Waals surface area (Å²) in [6.45, 7) is 5.78. The first-order valence-electron chi connectivity index (χ1n) is 10.7. The normalized spacial score (nSPS) is 14.2. The van der Waals surface area contributed by atoms with Crippen LogP contribution in [0.4, 0.5) is 10.8 Å². The number of anilines is 2. The maximum absolute atomic E-state index is 13.1. The standard InChI is InChI=1S/C22H27N5O3S/c1-3-11-26-20(29)18-19(24-21(31-18)25-12-5-4-6-13-25)27(22(26)30)14-17(28)23-16-9-7-15(2)8-10-16/h7-10H,3-6,11-14H2,1-2H3,(H,23,28). The monoisotopic (exact) mass is 441 g/mol. The van der Waals surface area contributed by atoms with E-state index in [1.807, 2.05) is 38.1 Å². The quantitative estimate of drug-likeness (QED) is 0.635. The van der Waals surface area contributed by atoms with Crippen LogP contribution in [-0.4, -0.2) is 33.1 Å². The van der Waals surface area contributed by atoms with Crippen molar-refractivity contribution in [3.05, 3.63) is 50.7 Å². The molecule has 1 amide bonds. The van der Waals surface area contributed by atoms with E-state index in [1.165, 1.54) is 26.9 Å². The average Bonchev–Trinajstić information content (AvgIpc) is 3.22. The van der Waals surface area contributed by atoms with Gasteiger partial charge >= 0.3 is 5.69 Å². The fourth-order valence-electron chi connectivity index (χ4n) is 3.83. The number of rotatable bonds is 6. The number of fused-ring (bicyclic) bond motifs is 1. The minimum absolute atomic E-state index is 0.198. The van der Waals surface area contributed by atoms with Crippen LogP contribution in [0.15, 0.2) is 33.9 Å². The molecular weight excluding hydrogens is 414 g/mol. The number of benzene rings is 1. The number of piperidine rings is 1. The van der Waals surface area contributed by atoms with Crippen LogP contribution in [-0.2, 0) is 17.9 Å². The van der Waals surface area contributed by atoms with E-state index in [4.69, 9.17) is 0 Å². The van der Waals surface area contributed by atoms with Gasteiger partial charge in [0.25, 0.3) is 5.56 Å². The van der Waals surface area contributed by atoms with Crippen LogP contribution >= 0.6 is 11.3 Å². The van der Waals surface area contributed by atoms with Crippen molar-refractivity contribution in [1.29, 1.82) is 0 Å². The van der Waals surface area contributed by atoms with Crippen LogP contribution in [0.3, 0.4) is 0 Å². The highest BCUT2D eigenvalue weighted by Gasteiger charge is 2.22. The van der Waals surface area contributed by atoms with Crippen molar-refractivity contribution < 1.29 is 4.79 Å². The molecule has 1 aliphatic rings. The molecule has 1 fully saturated rings. The van der Waals surface area contributed by atoms with Gasteiger partial charge in [-0.15, -0.1) is 0 Å². The van der Waals surface area contributed by atoms with Gasteiger partial charge in [-0.25, -0.2) is 9.78 Å². The molecule has 3 heterocycles. The number of aromatic nitrogens is 3. The molecule has 0 radical (unpaired) electrons. The molecule has 3 aromatic rings. The van der Waals surface area contributed by atoms with E-state index in [0.29, 0.717) is 29.0 Å². The molecule has 0 atom stereocenters. The third-order valence-corrected chi connectivity index (χ3v) is 6.56. The number of hydrogen-bond donors (Lipinski definition) is 1. The number of aryl methyl sites for hydroxylation is 1. The van der Waals surface area contributed by atoms with Crippen molar-refractivity contribution in [2.24, 2.45) is 0 Å². The first-order chi connectivity index (χ1) is 15.0. The van der Waals surface area contributed by atoms with Gasteiger partial charge in [-0.2, -0.15) is 0 Å². The number of amides is 1. The molecule has 1 aromatic carbocycles. The Bertz CT molecular complexity index is 1200. The lowest BCUT2D eigenvalue weighted by Crippen LogP contribution is -2.41. The lowest BCUT2D eigenvalue weighted by Gasteiger charge is -2.25. The Kier molecular flexibility index (Phi) is 6.22. The summed E-state index contributed by atoms with van der Waals surface area (Å²) in [5, 5.41) is 3.57. The predicted octanol–water partition coefficient (Wildman–Crippen LogP) is 2.97. The summed E-state index contributed by atoms with van der Waals surface area (Å²) in [7, 11) is 0. The van der Waals surface area contributed by atoms with Gasteiger partial charge in [0, 0.05) is 25.3 Å². The molecule has 1 saturated heterocycles. The van der Waals surface area contributed by atoms with Crippen LogP contribution in [0.5, 0.6) is 0 Å². The number of hydrogen-bond acceptors (Lipinski definition) is 6. The van der Waals surface area contributed by atoms with Gasteiger partial charge in [0.1, 0.15) is 11.2 Å². The molecular formula is C22H27N5O3S. The second kappa shape index (κ2) is 9.05. The Morgan fingerprint density at radius 3 is 2.48 bits per heavy atom. The summed E-state index contributed by atoms with van der Waals surface area (Å²) in [4.78, 5) is 45.6. The first kappa shape index (κ1) is 21.3. The van der Waals surface area contributed by atoms with E-state index in [9.17, 15) is 14.4 Å². The van der Waals surface area contributed by atoms with Crippen LogP contribution in [0, 0.1) is 6.92 Å². The third-order valence-electron chi connectivity index (χ3n) is 5.47. The zero-order valence-corrected chi connectivity index (χ0v) is 18.7. The molecule has 1 N–H and O–H groups in total. The lowest BCUT2D eigenvalue weighted by molar-refractivity contribution is -0.116. The predicted molar refractivity (Wildman–Crippen MR) is 124 cm³/mol. The summed E-state index contributed by atoms with van der Waals surface area (Å²) >= 11 is 1.32. The highest BCUT2D eigenvalue weighted by molar-refractivity contribution is 7.22. The smallest absolute Gasteiger partial charge is 0.333 e. The summed E-state index contributed by atoms with van der Waals surface area (Å²) < 4.78 is 2.98. The lowest BCUT2D eigenvalue weighted by atomic mass is 10.1. The molecule has 8 nitrogen and oxygen atoms in total. The topological polar surface area (TPSA) is 89.2 Å². The van der Waals surface area contributed by atoms with Crippen molar-refractivity contribution in [3.8, 4) is 0 Å². The number of carbonyl (C=O) groups is 1. The first-order valence-corrected chi connectivity index (χ1v) is 11.5. The highest BCUT2D eigenvalue weighted by Crippen LogP contribution is 2.28. The van der Waals surface area contributed by atoms with Gasteiger partial charge in [-0.1, -0.05) is 36.0 Å². The van der Waals surface area contributed by atoms with Crippen molar-refractivity contribution in [1.82, 2.24) is 14.1 Å². The SMILES string of the molecule is CCCn1c(=O)c2sc(N3CCCCC3)nc2n(CC(=O)Nc2ccc(C)cc2)c1=O. The van der Waals surface area contributed by atoms with Gasteiger partial charge in [-0.05, 0) is 44.7 Å². The van der Waals surface area contributed by atoms with Crippen LogP contribution in [0.25, 0.3) is 10.3 Å². The van der Waals surface area contributed by atoms with E-state index >= 15 is 0 Å². The Morgan fingerprint density at radius 2 is 1.81 bits per heavy atom. The summed E-state index contributed by atoms with van der Waals surface area (Å²) in [6, 6.07) is 7.46. The minimum atomic E-state index is -0.492. The molecule has 9 heteroatoms. The largest absolute Gasteiger partial charge is 0.348 e. The molecule has 1 aliphatic heterocycles. The molecule has 0 bridgehead atoms. The Hall–Kier alpha value is -2.94. The van der Waals surface area contributed by atoms with Crippen LogP contribution < -0.4 is 21.5 Å². The minimum Gasteiger partial charge on any atom is -0.348 e. The van der Waals surface area contributed by atoms with Gasteiger partial charge in [0.05, 0.1) is 0 Å². The van der Waals surface area contributed by atoms with Gasteiger partial charge in [0.2, 0.25) is 5.91 Å². The van der Waals surface area contributed by atoms with E-state index in [-0.39, 0.29) is 18.0 Å². The number of thiazole rings is 1. The van der Waals surface area contributed by atoms with E-state index in [2.05, 4.69) is 15.2 Å². The molecule has 4 rings (SSSR count). The molecule has 0 spiro atoms. The van der Waals surface area contributed by atoms with Crippen molar-refractivity contribution >= 4 is 38.4 Å². The zero-order chi connectivity index (χ0) is 22.0. The van der Waals surface area contributed by atoms with E-state index in [1.54, 1.807) is 0 Å². The molecule has 164 valence electrons. The maximum Gasteiger partial charge on any atom is 0.333 e. The fraction of sp³-hybridized carbons (Fsp3) is 0.455. The molecule has 2 aromatic heterocycles. The Balaban J connectivity index is 1.73. The third kappa shape index (κ3) is 4.41. The van der Waals surface area contributed by atoms with Crippen LogP contribution in [0.2, 0.25) is 0 Å². The summed E-state index contributed by atoms with van der Waals surface area (Å²) in [5.74, 6) is -0.332. The average molecular weight is 442 g/mol. The molecule has 31 heavy (non-hydrogen) atoms. The molecule has 0 unspecified atom stereocenters. The number of nitrogens with one attached hydrogen (secondary N) is 1. The summed E-state index contributed by atoms with van der Waals surface area (Å²) in [5.41, 5.74) is 1.24. The fourth-order valence-corrected chi connectivity index (χ4v) is 4.90. The van der Waals surface area contributed by atoms with Crippen molar-refractivity contribution in [2.75, 3.05) is 23.3 Å². The second-order valence-corrected chi connectivity index (χ2v) is 8.91. The van der Waals surface area contributed by atoms with Gasteiger partial charge < -0.3 is 10.2 Å². The maximum atomic E-state index is 13.1. The Morgan fingerprint density at radius 1 is 1.10 bits per heavy atom. The molecule has 0 aliphatic carbocycles. The molecule has 0 saturated carbocycles. The Labute approximate surface area is 184 Å². The van der Waals surface area contributed by atoms with Gasteiger partial charge in [0.15, 0.2) is 10.8 Å². The van der Waals surface area contributed by atoms with Gasteiger partial charge in [-0.3, -0.25) is 18.7 Å². The number of nitrogens with zero attached hydrogens (tertiary/aromatic N) is 4. The summed E-state index contributed by atoms with van der Waals surface area (Å²) in [6.07, 6.45) is 4.01. The van der Waals surface area contributed by atoms with Crippen molar-refractivity contribution in [2.45, 2.75) is 52.6 Å². The van der Waals surface area contributed by atoms with E-state index < -0.39 is 5.69 Å². The zero-order valence-electron chi connectivity index (χ0n) is 17.9. The van der Waals surface area contributed by atoms with E-state index in [0.717, 1.165) is 36.6 Å². The van der Waals surface area contributed by atoms with Crippen molar-refractivity contribution in [3.63, 3.8) is 0 Å². The highest BCUT2D eigenvalue weighted by atomic mass is 32.1.